The Labute approximate surface area is 209 Å². The first-order valence-corrected chi connectivity index (χ1v) is 12.2. The van der Waals surface area contributed by atoms with Gasteiger partial charge in [-0.25, -0.2) is 4.68 Å². The van der Waals surface area contributed by atoms with Gasteiger partial charge >= 0.3 is 0 Å². The van der Waals surface area contributed by atoms with Crippen LogP contribution in [0.3, 0.4) is 0 Å². The number of amides is 2. The lowest BCUT2D eigenvalue weighted by Crippen LogP contribution is -2.38. The fraction of sp³-hybridized carbons (Fsp3) is 0.414. The minimum absolute atomic E-state index is 0.0121. The van der Waals surface area contributed by atoms with Crippen molar-refractivity contribution in [3.63, 3.8) is 0 Å². The van der Waals surface area contributed by atoms with Gasteiger partial charge in [-0.15, -0.1) is 0 Å². The topological polar surface area (TPSA) is 67.2 Å². The SMILES string of the molecule is CCN(CC(=O)Nc1cc(C(C)(C)C)nn1-c1ccc(C)cc1)C(=O)c1ccc(C(C)(C)C)cc1. The summed E-state index contributed by atoms with van der Waals surface area (Å²) in [6, 6.07) is 17.5. The lowest BCUT2D eigenvalue weighted by Gasteiger charge is -2.22. The van der Waals surface area contributed by atoms with E-state index in [0.29, 0.717) is 17.9 Å². The highest BCUT2D eigenvalue weighted by atomic mass is 16.2. The largest absolute Gasteiger partial charge is 0.330 e. The molecule has 1 N–H and O–H groups in total. The van der Waals surface area contributed by atoms with Crippen molar-refractivity contribution in [2.75, 3.05) is 18.4 Å². The number of carbonyl (C=O) groups excluding carboxylic acids is 2. The minimum Gasteiger partial charge on any atom is -0.330 e. The van der Waals surface area contributed by atoms with Crippen LogP contribution >= 0.6 is 0 Å². The Bertz CT molecular complexity index is 1180. The van der Waals surface area contributed by atoms with Crippen LogP contribution in [-0.4, -0.2) is 39.6 Å². The first-order chi connectivity index (χ1) is 16.3. The average molecular weight is 475 g/mol. The van der Waals surface area contributed by atoms with Gasteiger partial charge in [0.05, 0.1) is 11.4 Å². The summed E-state index contributed by atoms with van der Waals surface area (Å²) in [6.07, 6.45) is 0. The van der Waals surface area contributed by atoms with Crippen molar-refractivity contribution in [3.05, 3.63) is 77.0 Å². The number of nitrogens with one attached hydrogen (secondary N) is 1. The number of nitrogens with zero attached hydrogens (tertiary/aromatic N) is 3. The van der Waals surface area contributed by atoms with Crippen LogP contribution in [0.25, 0.3) is 5.69 Å². The first-order valence-electron chi connectivity index (χ1n) is 12.2. The van der Waals surface area contributed by atoms with E-state index in [1.807, 2.05) is 68.4 Å². The Morgan fingerprint density at radius 3 is 2.03 bits per heavy atom. The fourth-order valence-electron chi connectivity index (χ4n) is 3.70. The van der Waals surface area contributed by atoms with Crippen LogP contribution in [0.1, 0.15) is 75.6 Å². The zero-order chi connectivity index (χ0) is 26.0. The van der Waals surface area contributed by atoms with E-state index in [-0.39, 0.29) is 29.2 Å². The highest BCUT2D eigenvalue weighted by molar-refractivity contribution is 5.99. The zero-order valence-corrected chi connectivity index (χ0v) is 22.3. The molecule has 3 aromatic rings. The first kappa shape index (κ1) is 26.2. The highest BCUT2D eigenvalue weighted by Crippen LogP contribution is 2.27. The fourth-order valence-corrected chi connectivity index (χ4v) is 3.70. The summed E-state index contributed by atoms with van der Waals surface area (Å²) in [6.45, 7) is 17.0. The van der Waals surface area contributed by atoms with Gasteiger partial charge in [-0.2, -0.15) is 5.10 Å². The summed E-state index contributed by atoms with van der Waals surface area (Å²) >= 11 is 0. The van der Waals surface area contributed by atoms with Gasteiger partial charge in [0.1, 0.15) is 12.4 Å². The Morgan fingerprint density at radius 1 is 0.914 bits per heavy atom. The van der Waals surface area contributed by atoms with Gasteiger partial charge < -0.3 is 10.2 Å². The van der Waals surface area contributed by atoms with Crippen LogP contribution in [0.2, 0.25) is 0 Å². The number of aromatic nitrogens is 2. The summed E-state index contributed by atoms with van der Waals surface area (Å²) in [7, 11) is 0. The summed E-state index contributed by atoms with van der Waals surface area (Å²) in [4.78, 5) is 27.7. The maximum absolute atomic E-state index is 13.1. The normalized spacial score (nSPS) is 11.9. The molecular formula is C29H38N4O2. The third-order valence-corrected chi connectivity index (χ3v) is 6.03. The van der Waals surface area contributed by atoms with Crippen molar-refractivity contribution in [1.29, 1.82) is 0 Å². The van der Waals surface area contributed by atoms with Gasteiger partial charge in [-0.3, -0.25) is 9.59 Å². The van der Waals surface area contributed by atoms with Crippen molar-refractivity contribution in [2.45, 2.75) is 66.2 Å². The molecule has 0 aliphatic heterocycles. The van der Waals surface area contributed by atoms with Crippen molar-refractivity contribution >= 4 is 17.6 Å². The number of hydrogen-bond acceptors (Lipinski definition) is 3. The number of rotatable bonds is 6. The number of benzene rings is 2. The monoisotopic (exact) mass is 474 g/mol. The van der Waals surface area contributed by atoms with Crippen LogP contribution in [-0.2, 0) is 15.6 Å². The molecule has 1 aromatic heterocycles. The number of carbonyl (C=O) groups is 2. The number of anilines is 1. The van der Waals surface area contributed by atoms with Crippen LogP contribution in [0.15, 0.2) is 54.6 Å². The lowest BCUT2D eigenvalue weighted by atomic mass is 9.86. The molecule has 0 atom stereocenters. The quantitative estimate of drug-likeness (QED) is 0.485. The van der Waals surface area contributed by atoms with Crippen molar-refractivity contribution in [2.24, 2.45) is 0 Å². The average Bonchev–Trinajstić information content (AvgIpc) is 3.21. The molecule has 0 unspecified atom stereocenters. The summed E-state index contributed by atoms with van der Waals surface area (Å²) in [5.74, 6) is 0.160. The van der Waals surface area contributed by atoms with Gasteiger partial charge in [-0.05, 0) is 49.1 Å². The standard InChI is InChI=1S/C29H38N4O2/c1-9-32(27(35)21-12-14-22(15-13-21)28(3,4)5)19-26(34)30-25-18-24(29(6,7)8)31-33(25)23-16-10-20(2)11-17-23/h10-18H,9,19H2,1-8H3,(H,30,34). The van der Waals surface area contributed by atoms with Crippen molar-refractivity contribution < 1.29 is 9.59 Å². The molecule has 186 valence electrons. The molecule has 0 aliphatic rings. The summed E-state index contributed by atoms with van der Waals surface area (Å²) < 4.78 is 1.75. The van der Waals surface area contributed by atoms with E-state index in [2.05, 4.69) is 46.9 Å². The molecule has 0 saturated carbocycles. The van der Waals surface area contributed by atoms with Crippen molar-refractivity contribution in [3.8, 4) is 5.69 Å². The molecule has 6 nitrogen and oxygen atoms in total. The molecule has 2 amide bonds. The van der Waals surface area contributed by atoms with Crippen LogP contribution < -0.4 is 5.32 Å². The van der Waals surface area contributed by atoms with Gasteiger partial charge in [0.2, 0.25) is 5.91 Å². The maximum Gasteiger partial charge on any atom is 0.254 e. The van der Waals surface area contributed by atoms with Crippen LogP contribution in [0.4, 0.5) is 5.82 Å². The van der Waals surface area contributed by atoms with Crippen LogP contribution in [0.5, 0.6) is 0 Å². The molecule has 0 aliphatic carbocycles. The maximum atomic E-state index is 13.1. The molecule has 1 heterocycles. The molecule has 6 heteroatoms. The summed E-state index contributed by atoms with van der Waals surface area (Å²) in [5.41, 5.74) is 4.45. The van der Waals surface area contributed by atoms with E-state index < -0.39 is 0 Å². The zero-order valence-electron chi connectivity index (χ0n) is 22.3. The predicted octanol–water partition coefficient (Wildman–Crippen LogP) is 5.88. The molecule has 0 radical (unpaired) electrons. The van der Waals surface area contributed by atoms with E-state index >= 15 is 0 Å². The lowest BCUT2D eigenvalue weighted by molar-refractivity contribution is -0.116. The second kappa shape index (κ2) is 10.1. The molecule has 0 bridgehead atoms. The van der Waals surface area contributed by atoms with Gasteiger partial charge in [-0.1, -0.05) is 71.4 Å². The Kier molecular flexibility index (Phi) is 7.53. The van der Waals surface area contributed by atoms with Crippen molar-refractivity contribution in [1.82, 2.24) is 14.7 Å². The van der Waals surface area contributed by atoms with E-state index in [4.69, 9.17) is 5.10 Å². The minimum atomic E-state index is -0.264. The van der Waals surface area contributed by atoms with Gasteiger partial charge in [0, 0.05) is 23.6 Å². The molecule has 3 rings (SSSR count). The van der Waals surface area contributed by atoms with E-state index in [1.54, 1.807) is 9.58 Å². The smallest absolute Gasteiger partial charge is 0.254 e. The third kappa shape index (κ3) is 6.38. The van der Waals surface area contributed by atoms with Gasteiger partial charge in [0.25, 0.3) is 5.91 Å². The third-order valence-electron chi connectivity index (χ3n) is 6.03. The Morgan fingerprint density at radius 2 is 1.51 bits per heavy atom. The number of likely N-dealkylation sites (N-methyl/N-ethyl adjacent to an activating group) is 1. The molecular weight excluding hydrogens is 436 g/mol. The molecule has 0 saturated heterocycles. The molecule has 0 fully saturated rings. The summed E-state index contributed by atoms with van der Waals surface area (Å²) in [5, 5.41) is 7.75. The Balaban J connectivity index is 1.80. The number of aryl methyl sites for hydroxylation is 1. The predicted molar refractivity (Wildman–Crippen MR) is 142 cm³/mol. The Hall–Kier alpha value is -3.41. The second-order valence-electron chi connectivity index (χ2n) is 11.1. The van der Waals surface area contributed by atoms with E-state index in [1.165, 1.54) is 0 Å². The number of hydrogen-bond donors (Lipinski definition) is 1. The van der Waals surface area contributed by atoms with E-state index in [0.717, 1.165) is 22.5 Å². The highest BCUT2D eigenvalue weighted by Gasteiger charge is 2.23. The molecule has 35 heavy (non-hydrogen) atoms. The van der Waals surface area contributed by atoms with E-state index in [9.17, 15) is 9.59 Å². The second-order valence-corrected chi connectivity index (χ2v) is 11.1. The molecule has 0 spiro atoms. The molecule has 2 aromatic carbocycles. The van der Waals surface area contributed by atoms with Gasteiger partial charge in [0.15, 0.2) is 0 Å². The van der Waals surface area contributed by atoms with Crippen LogP contribution in [0, 0.1) is 6.92 Å².